The zero-order valence-electron chi connectivity index (χ0n) is 15.0. The molecule has 0 aromatic carbocycles. The minimum Gasteiger partial charge on any atom is -0.378 e. The molecule has 0 saturated carbocycles. The molecule has 132 valence electrons. The van der Waals surface area contributed by atoms with Crippen molar-refractivity contribution in [3.8, 4) is 0 Å². The summed E-state index contributed by atoms with van der Waals surface area (Å²) in [5, 5.41) is 0. The van der Waals surface area contributed by atoms with Gasteiger partial charge < -0.3 is 14.5 Å². The van der Waals surface area contributed by atoms with Gasteiger partial charge in [-0.15, -0.1) is 0 Å². The highest BCUT2D eigenvalue weighted by molar-refractivity contribution is 5.79. The van der Waals surface area contributed by atoms with Gasteiger partial charge in [-0.3, -0.25) is 4.79 Å². The Labute approximate surface area is 144 Å². The van der Waals surface area contributed by atoms with Gasteiger partial charge >= 0.3 is 0 Å². The van der Waals surface area contributed by atoms with E-state index >= 15 is 0 Å². The monoisotopic (exact) mass is 332 g/mol. The van der Waals surface area contributed by atoms with E-state index in [2.05, 4.69) is 30.7 Å². The largest absolute Gasteiger partial charge is 0.378 e. The van der Waals surface area contributed by atoms with Crippen LogP contribution in [0.15, 0.2) is 12.3 Å². The first-order valence-electron chi connectivity index (χ1n) is 8.90. The Balaban J connectivity index is 1.60. The molecule has 0 unspecified atom stereocenters. The minimum absolute atomic E-state index is 0.0549. The molecule has 6 nitrogen and oxygen atoms in total. The summed E-state index contributed by atoms with van der Waals surface area (Å²) in [6.07, 6.45) is 3.63. The number of aromatic nitrogens is 2. The highest BCUT2D eigenvalue weighted by Crippen LogP contribution is 2.25. The van der Waals surface area contributed by atoms with Crippen LogP contribution in [0, 0.1) is 5.92 Å². The van der Waals surface area contributed by atoms with E-state index in [-0.39, 0.29) is 11.3 Å². The zero-order chi connectivity index (χ0) is 17.2. The van der Waals surface area contributed by atoms with E-state index in [1.54, 1.807) is 0 Å². The lowest BCUT2D eigenvalue weighted by Gasteiger charge is -2.36. The second-order valence-electron chi connectivity index (χ2n) is 7.69. The summed E-state index contributed by atoms with van der Waals surface area (Å²) in [5.41, 5.74) is -0.0549. The second-order valence-corrected chi connectivity index (χ2v) is 7.69. The summed E-state index contributed by atoms with van der Waals surface area (Å²) in [4.78, 5) is 26.0. The lowest BCUT2D eigenvalue weighted by atomic mass is 9.94. The maximum absolute atomic E-state index is 12.6. The van der Waals surface area contributed by atoms with Crippen LogP contribution in [0.2, 0.25) is 0 Å². The van der Waals surface area contributed by atoms with Crippen molar-refractivity contribution in [3.05, 3.63) is 18.1 Å². The number of ether oxygens (including phenoxy) is 1. The molecule has 1 aromatic heterocycles. The Morgan fingerprint density at radius 2 is 1.83 bits per heavy atom. The van der Waals surface area contributed by atoms with Gasteiger partial charge in [0.15, 0.2) is 0 Å². The summed E-state index contributed by atoms with van der Waals surface area (Å²) in [6.45, 7) is 10.9. The topological polar surface area (TPSA) is 58.6 Å². The van der Waals surface area contributed by atoms with Crippen LogP contribution in [0.4, 0.5) is 5.82 Å². The lowest BCUT2D eigenvalue weighted by molar-refractivity contribution is -0.140. The van der Waals surface area contributed by atoms with Crippen LogP contribution >= 0.6 is 0 Å². The third-order valence-electron chi connectivity index (χ3n) is 4.80. The molecule has 2 aliphatic heterocycles. The van der Waals surface area contributed by atoms with E-state index in [0.29, 0.717) is 19.1 Å². The van der Waals surface area contributed by atoms with Crippen LogP contribution in [0.3, 0.4) is 0 Å². The molecule has 0 radical (unpaired) electrons. The van der Waals surface area contributed by atoms with Crippen LogP contribution < -0.4 is 4.90 Å². The number of carbonyl (C=O) groups is 1. The van der Waals surface area contributed by atoms with Crippen LogP contribution in [0.1, 0.15) is 39.4 Å². The molecular weight excluding hydrogens is 304 g/mol. The SMILES string of the molecule is CC(C)(C)c1nccc(N2CCC(C(=O)N3CCOCC3)CC2)n1. The van der Waals surface area contributed by atoms with Gasteiger partial charge in [0.05, 0.1) is 13.2 Å². The highest BCUT2D eigenvalue weighted by atomic mass is 16.5. The predicted molar refractivity (Wildman–Crippen MR) is 93.1 cm³/mol. The van der Waals surface area contributed by atoms with Gasteiger partial charge in [0.1, 0.15) is 11.6 Å². The van der Waals surface area contributed by atoms with E-state index in [9.17, 15) is 4.79 Å². The van der Waals surface area contributed by atoms with Crippen molar-refractivity contribution in [2.75, 3.05) is 44.3 Å². The fraction of sp³-hybridized carbons (Fsp3) is 0.722. The quantitative estimate of drug-likeness (QED) is 0.827. The number of piperidine rings is 1. The predicted octanol–water partition coefficient (Wildman–Crippen LogP) is 1.85. The fourth-order valence-corrected chi connectivity index (χ4v) is 3.28. The molecule has 0 atom stereocenters. The van der Waals surface area contributed by atoms with Crippen LogP contribution in [-0.2, 0) is 14.9 Å². The Morgan fingerprint density at radius 1 is 1.17 bits per heavy atom. The number of nitrogens with zero attached hydrogens (tertiary/aromatic N) is 4. The van der Waals surface area contributed by atoms with Gasteiger partial charge in [-0.05, 0) is 18.9 Å². The summed E-state index contributed by atoms with van der Waals surface area (Å²) < 4.78 is 5.33. The Kier molecular flexibility index (Phi) is 5.04. The van der Waals surface area contributed by atoms with Crippen molar-refractivity contribution in [2.24, 2.45) is 5.92 Å². The smallest absolute Gasteiger partial charge is 0.225 e. The van der Waals surface area contributed by atoms with Crippen molar-refractivity contribution in [1.29, 1.82) is 0 Å². The van der Waals surface area contributed by atoms with Crippen molar-refractivity contribution >= 4 is 11.7 Å². The summed E-state index contributed by atoms with van der Waals surface area (Å²) in [5.74, 6) is 2.29. The standard InChI is InChI=1S/C18H28N4O2/c1-18(2,3)17-19-7-4-15(20-17)21-8-5-14(6-9-21)16(23)22-10-12-24-13-11-22/h4,7,14H,5-6,8-13H2,1-3H3. The van der Waals surface area contributed by atoms with Crippen molar-refractivity contribution in [3.63, 3.8) is 0 Å². The first kappa shape index (κ1) is 17.1. The summed E-state index contributed by atoms with van der Waals surface area (Å²) in [6, 6.07) is 1.97. The third-order valence-corrected chi connectivity index (χ3v) is 4.80. The number of morpholine rings is 1. The van der Waals surface area contributed by atoms with Crippen molar-refractivity contribution < 1.29 is 9.53 Å². The van der Waals surface area contributed by atoms with E-state index in [0.717, 1.165) is 50.7 Å². The molecule has 6 heteroatoms. The minimum atomic E-state index is -0.0549. The molecule has 2 saturated heterocycles. The lowest BCUT2D eigenvalue weighted by Crippen LogP contribution is -2.47. The van der Waals surface area contributed by atoms with E-state index in [4.69, 9.17) is 9.72 Å². The molecule has 2 fully saturated rings. The maximum atomic E-state index is 12.6. The molecule has 0 N–H and O–H groups in total. The van der Waals surface area contributed by atoms with Gasteiger partial charge in [-0.1, -0.05) is 20.8 Å². The molecule has 1 amide bonds. The highest BCUT2D eigenvalue weighted by Gasteiger charge is 2.30. The number of anilines is 1. The molecular formula is C18H28N4O2. The van der Waals surface area contributed by atoms with Gasteiger partial charge in [0.25, 0.3) is 0 Å². The molecule has 24 heavy (non-hydrogen) atoms. The number of hydrogen-bond acceptors (Lipinski definition) is 5. The molecule has 0 bridgehead atoms. The summed E-state index contributed by atoms with van der Waals surface area (Å²) in [7, 11) is 0. The molecule has 3 heterocycles. The Bertz CT molecular complexity index is 571. The number of amides is 1. The molecule has 1 aromatic rings. The zero-order valence-corrected chi connectivity index (χ0v) is 15.0. The molecule has 0 aliphatic carbocycles. The van der Waals surface area contributed by atoms with Gasteiger partial charge in [0.2, 0.25) is 5.91 Å². The first-order chi connectivity index (χ1) is 11.4. The van der Waals surface area contributed by atoms with E-state index in [1.165, 1.54) is 0 Å². The fourth-order valence-electron chi connectivity index (χ4n) is 3.28. The first-order valence-corrected chi connectivity index (χ1v) is 8.90. The Hall–Kier alpha value is -1.69. The van der Waals surface area contributed by atoms with Crippen LogP contribution in [0.5, 0.6) is 0 Å². The number of hydrogen-bond donors (Lipinski definition) is 0. The van der Waals surface area contributed by atoms with Crippen molar-refractivity contribution in [2.45, 2.75) is 39.0 Å². The normalized spacial score (nSPS) is 20.3. The average molecular weight is 332 g/mol. The Morgan fingerprint density at radius 3 is 2.46 bits per heavy atom. The second kappa shape index (κ2) is 7.05. The maximum Gasteiger partial charge on any atom is 0.225 e. The van der Waals surface area contributed by atoms with Gasteiger partial charge in [0, 0.05) is 43.7 Å². The number of carbonyl (C=O) groups excluding carboxylic acids is 1. The van der Waals surface area contributed by atoms with E-state index in [1.807, 2.05) is 17.2 Å². The summed E-state index contributed by atoms with van der Waals surface area (Å²) >= 11 is 0. The van der Waals surface area contributed by atoms with E-state index < -0.39 is 0 Å². The molecule has 2 aliphatic rings. The molecule has 3 rings (SSSR count). The van der Waals surface area contributed by atoms with Gasteiger partial charge in [-0.2, -0.15) is 0 Å². The third kappa shape index (κ3) is 3.86. The van der Waals surface area contributed by atoms with Crippen LogP contribution in [-0.4, -0.2) is 60.2 Å². The number of rotatable bonds is 2. The van der Waals surface area contributed by atoms with Crippen LogP contribution in [0.25, 0.3) is 0 Å². The molecule has 0 spiro atoms. The average Bonchev–Trinajstić information content (AvgIpc) is 2.61. The van der Waals surface area contributed by atoms with Crippen molar-refractivity contribution in [1.82, 2.24) is 14.9 Å². The van der Waals surface area contributed by atoms with Gasteiger partial charge in [-0.25, -0.2) is 9.97 Å².